The van der Waals surface area contributed by atoms with E-state index in [-0.39, 0.29) is 11.5 Å². The summed E-state index contributed by atoms with van der Waals surface area (Å²) in [5.74, 6) is -0.239. The van der Waals surface area contributed by atoms with E-state index in [4.69, 9.17) is 11.6 Å². The minimum atomic E-state index is -0.487. The number of nitrogens with one attached hydrogen (secondary N) is 1. The highest BCUT2D eigenvalue weighted by Gasteiger charge is 2.19. The van der Waals surface area contributed by atoms with E-state index in [1.54, 1.807) is 23.7 Å². The maximum absolute atomic E-state index is 12.4. The molecule has 3 rings (SSSR count). The Morgan fingerprint density at radius 1 is 1.35 bits per heavy atom. The van der Waals surface area contributed by atoms with Crippen LogP contribution < -0.4 is 0 Å². The van der Waals surface area contributed by atoms with Crippen molar-refractivity contribution in [2.24, 2.45) is 0 Å². The van der Waals surface area contributed by atoms with Crippen LogP contribution in [0.4, 0.5) is 5.69 Å². The molecule has 20 heavy (non-hydrogen) atoms. The summed E-state index contributed by atoms with van der Waals surface area (Å²) >= 11 is 7.20. The van der Waals surface area contributed by atoms with Crippen LogP contribution in [-0.4, -0.2) is 15.7 Å². The van der Waals surface area contributed by atoms with Crippen LogP contribution in [0.1, 0.15) is 15.2 Å². The Bertz CT molecular complexity index is 837. The smallest absolute Gasteiger partial charge is 0.270 e. The first-order valence-electron chi connectivity index (χ1n) is 5.61. The zero-order chi connectivity index (χ0) is 14.3. The van der Waals surface area contributed by atoms with Crippen LogP contribution in [0.2, 0.25) is 5.02 Å². The Balaban J connectivity index is 2.17. The number of nitro benzene ring substituents is 1. The second-order valence-electron chi connectivity index (χ2n) is 4.12. The number of hydrogen-bond donors (Lipinski definition) is 1. The van der Waals surface area contributed by atoms with E-state index < -0.39 is 4.92 Å². The van der Waals surface area contributed by atoms with Crippen LogP contribution in [0.15, 0.2) is 35.8 Å². The van der Waals surface area contributed by atoms with Crippen molar-refractivity contribution < 1.29 is 9.72 Å². The summed E-state index contributed by atoms with van der Waals surface area (Å²) < 4.78 is 0. The van der Waals surface area contributed by atoms with Gasteiger partial charge < -0.3 is 4.98 Å². The van der Waals surface area contributed by atoms with Crippen molar-refractivity contribution >= 4 is 45.3 Å². The number of carbonyl (C=O) groups excluding carboxylic acids is 1. The van der Waals surface area contributed by atoms with E-state index in [2.05, 4.69) is 4.98 Å². The van der Waals surface area contributed by atoms with E-state index in [0.29, 0.717) is 26.4 Å². The lowest BCUT2D eigenvalue weighted by atomic mass is 10.1. The lowest BCUT2D eigenvalue weighted by Gasteiger charge is -1.98. The minimum absolute atomic E-state index is 0.0524. The predicted octanol–water partition coefficient (Wildman–Crippen LogP) is 4.02. The molecule has 0 aliphatic rings. The van der Waals surface area contributed by atoms with Crippen molar-refractivity contribution in [1.29, 1.82) is 0 Å². The summed E-state index contributed by atoms with van der Waals surface area (Å²) in [6.07, 6.45) is 1.55. The molecule has 100 valence electrons. The number of thiophene rings is 1. The molecule has 1 aromatic carbocycles. The van der Waals surface area contributed by atoms with Crippen LogP contribution in [0.5, 0.6) is 0 Å². The maximum atomic E-state index is 12.4. The van der Waals surface area contributed by atoms with Crippen molar-refractivity contribution in [3.63, 3.8) is 0 Å². The number of nitrogens with zero attached hydrogens (tertiary/aromatic N) is 1. The first kappa shape index (κ1) is 12.8. The fourth-order valence-electron chi connectivity index (χ4n) is 1.99. The first-order chi connectivity index (χ1) is 9.58. The molecule has 0 aliphatic heterocycles. The molecule has 0 unspecified atom stereocenters. The van der Waals surface area contributed by atoms with E-state index >= 15 is 0 Å². The lowest BCUT2D eigenvalue weighted by molar-refractivity contribution is -0.384. The number of nitro groups is 1. The van der Waals surface area contributed by atoms with Gasteiger partial charge in [0.15, 0.2) is 0 Å². The van der Waals surface area contributed by atoms with Crippen molar-refractivity contribution in [2.45, 2.75) is 0 Å². The van der Waals surface area contributed by atoms with Gasteiger partial charge in [0, 0.05) is 34.8 Å². The van der Waals surface area contributed by atoms with Gasteiger partial charge in [-0.05, 0) is 17.5 Å². The highest BCUT2D eigenvalue weighted by molar-refractivity contribution is 7.13. The molecule has 0 spiro atoms. The number of non-ortho nitro benzene ring substituents is 1. The molecule has 0 saturated carbocycles. The number of benzene rings is 1. The Hall–Kier alpha value is -2.18. The number of rotatable bonds is 3. The number of ketones is 1. The summed E-state index contributed by atoms with van der Waals surface area (Å²) in [6, 6.07) is 6.02. The second kappa shape index (κ2) is 4.73. The third-order valence-electron chi connectivity index (χ3n) is 2.94. The van der Waals surface area contributed by atoms with Gasteiger partial charge in [0.05, 0.1) is 14.8 Å². The van der Waals surface area contributed by atoms with E-state index in [1.165, 1.54) is 23.5 Å². The Kier molecular flexibility index (Phi) is 3.04. The fourth-order valence-corrected chi connectivity index (χ4v) is 3.08. The number of fused-ring (bicyclic) bond motifs is 1. The van der Waals surface area contributed by atoms with E-state index in [1.807, 2.05) is 0 Å². The highest BCUT2D eigenvalue weighted by Crippen LogP contribution is 2.29. The van der Waals surface area contributed by atoms with Crippen LogP contribution in [-0.2, 0) is 0 Å². The molecular formula is C13H7ClN2O3S. The summed E-state index contributed by atoms with van der Waals surface area (Å²) in [5.41, 5.74) is 1.00. The number of halogens is 1. The fraction of sp³-hybridized carbons (Fsp3) is 0. The average Bonchev–Trinajstić information content (AvgIpc) is 3.03. The number of aromatic amines is 1. The first-order valence-corrected chi connectivity index (χ1v) is 6.87. The Labute approximate surface area is 122 Å². The molecule has 2 heterocycles. The van der Waals surface area contributed by atoms with Crippen LogP contribution >= 0.6 is 22.9 Å². The summed E-state index contributed by atoms with van der Waals surface area (Å²) in [7, 11) is 0. The van der Waals surface area contributed by atoms with Gasteiger partial charge >= 0.3 is 0 Å². The number of carbonyl (C=O) groups is 1. The molecule has 0 radical (unpaired) electrons. The number of aromatic nitrogens is 1. The molecule has 0 aliphatic carbocycles. The van der Waals surface area contributed by atoms with E-state index in [9.17, 15) is 14.9 Å². The van der Waals surface area contributed by atoms with Gasteiger partial charge in [-0.2, -0.15) is 0 Å². The number of H-pyrrole nitrogens is 1. The van der Waals surface area contributed by atoms with Gasteiger partial charge in [-0.25, -0.2) is 0 Å². The van der Waals surface area contributed by atoms with Crippen LogP contribution in [0, 0.1) is 10.1 Å². The van der Waals surface area contributed by atoms with Gasteiger partial charge in [0.1, 0.15) is 0 Å². The summed E-state index contributed by atoms with van der Waals surface area (Å²) in [4.78, 5) is 26.1. The van der Waals surface area contributed by atoms with Gasteiger partial charge in [0.2, 0.25) is 5.78 Å². The molecule has 1 N–H and O–H groups in total. The quantitative estimate of drug-likeness (QED) is 0.451. The number of hydrogen-bond acceptors (Lipinski definition) is 4. The molecule has 0 atom stereocenters. The van der Waals surface area contributed by atoms with Gasteiger partial charge in [-0.15, -0.1) is 11.3 Å². The molecule has 3 aromatic rings. The summed E-state index contributed by atoms with van der Waals surface area (Å²) in [5, 5.41) is 13.5. The van der Waals surface area contributed by atoms with Gasteiger partial charge in [0.25, 0.3) is 5.69 Å². The van der Waals surface area contributed by atoms with Crippen LogP contribution in [0.25, 0.3) is 10.9 Å². The Morgan fingerprint density at radius 2 is 2.15 bits per heavy atom. The van der Waals surface area contributed by atoms with Crippen molar-refractivity contribution in [1.82, 2.24) is 4.98 Å². The second-order valence-corrected chi connectivity index (χ2v) is 5.44. The SMILES string of the molecule is O=C(c1sccc1Cl)c1c[nH]c2ccc([N+](=O)[O-])cc12. The maximum Gasteiger partial charge on any atom is 0.270 e. The zero-order valence-corrected chi connectivity index (χ0v) is 11.5. The summed E-state index contributed by atoms with van der Waals surface area (Å²) in [6.45, 7) is 0. The predicted molar refractivity (Wildman–Crippen MR) is 77.7 cm³/mol. The molecule has 7 heteroatoms. The third kappa shape index (κ3) is 1.99. The monoisotopic (exact) mass is 306 g/mol. The molecule has 0 amide bonds. The highest BCUT2D eigenvalue weighted by atomic mass is 35.5. The van der Waals surface area contributed by atoms with Gasteiger partial charge in [-0.3, -0.25) is 14.9 Å². The molecule has 5 nitrogen and oxygen atoms in total. The topological polar surface area (TPSA) is 76.0 Å². The minimum Gasteiger partial charge on any atom is -0.360 e. The van der Waals surface area contributed by atoms with Crippen molar-refractivity contribution in [3.8, 4) is 0 Å². The molecule has 0 fully saturated rings. The third-order valence-corrected chi connectivity index (χ3v) is 4.28. The van der Waals surface area contributed by atoms with Gasteiger partial charge in [-0.1, -0.05) is 11.6 Å². The Morgan fingerprint density at radius 3 is 2.80 bits per heavy atom. The van der Waals surface area contributed by atoms with Crippen molar-refractivity contribution in [3.05, 3.63) is 61.4 Å². The molecular weight excluding hydrogens is 300 g/mol. The molecule has 2 aromatic heterocycles. The zero-order valence-electron chi connectivity index (χ0n) is 9.92. The normalized spacial score (nSPS) is 10.8. The van der Waals surface area contributed by atoms with Crippen LogP contribution in [0.3, 0.4) is 0 Å². The molecule has 0 saturated heterocycles. The lowest BCUT2D eigenvalue weighted by Crippen LogP contribution is -1.98. The molecule has 0 bridgehead atoms. The standard InChI is InChI=1S/C13H7ClN2O3S/c14-10-3-4-20-13(10)12(17)9-6-15-11-2-1-7(16(18)19)5-8(9)11/h1-6,15H. The average molecular weight is 307 g/mol. The largest absolute Gasteiger partial charge is 0.360 e. The van der Waals surface area contributed by atoms with Crippen molar-refractivity contribution in [2.75, 3.05) is 0 Å². The van der Waals surface area contributed by atoms with E-state index in [0.717, 1.165) is 0 Å².